The highest BCUT2D eigenvalue weighted by molar-refractivity contribution is 5.79. The number of aliphatic imine (C=N–C) groups is 1. The van der Waals surface area contributed by atoms with Crippen molar-refractivity contribution in [3.8, 4) is 0 Å². The van der Waals surface area contributed by atoms with Crippen molar-refractivity contribution in [1.82, 2.24) is 20.7 Å². The van der Waals surface area contributed by atoms with Crippen LogP contribution in [0.1, 0.15) is 57.9 Å². The molecule has 0 unspecified atom stereocenters. The van der Waals surface area contributed by atoms with Crippen LogP contribution in [0.15, 0.2) is 15.6 Å². The molecular formula is C17H33N5O. The van der Waals surface area contributed by atoms with Crippen LogP contribution in [0.2, 0.25) is 0 Å². The van der Waals surface area contributed by atoms with E-state index in [-0.39, 0.29) is 0 Å². The first kappa shape index (κ1) is 19.5. The van der Waals surface area contributed by atoms with Gasteiger partial charge in [0.15, 0.2) is 11.7 Å². The average Bonchev–Trinajstić information content (AvgIpc) is 3.02. The minimum absolute atomic E-state index is 0.479. The summed E-state index contributed by atoms with van der Waals surface area (Å²) in [5.74, 6) is 2.11. The summed E-state index contributed by atoms with van der Waals surface area (Å²) in [6.45, 7) is 12.8. The predicted octanol–water partition coefficient (Wildman–Crippen LogP) is 2.59. The lowest BCUT2D eigenvalue weighted by molar-refractivity contribution is 0.356. The Balaban J connectivity index is 2.56. The molecule has 0 fully saturated rings. The predicted molar refractivity (Wildman–Crippen MR) is 95.8 cm³/mol. The number of likely N-dealkylation sites (N-methyl/N-ethyl adjacent to an activating group) is 1. The lowest BCUT2D eigenvalue weighted by atomic mass is 9.99. The number of aromatic nitrogens is 1. The standard InChI is InChI=1S/C17H33N5O/c1-6-14(7-2)16-12-15(23-21-16)13-20-17(18-8-3)19-10-11-22(5)9-4/h12,14H,6-11,13H2,1-5H3,(H2,18,19,20). The molecule has 0 saturated carbocycles. The number of nitrogens with one attached hydrogen (secondary N) is 2. The van der Waals surface area contributed by atoms with Gasteiger partial charge in [-0.25, -0.2) is 4.99 Å². The molecule has 0 aliphatic rings. The van der Waals surface area contributed by atoms with E-state index in [1.807, 2.05) is 6.07 Å². The molecule has 0 atom stereocenters. The summed E-state index contributed by atoms with van der Waals surface area (Å²) >= 11 is 0. The highest BCUT2D eigenvalue weighted by Crippen LogP contribution is 2.22. The molecule has 0 amide bonds. The Bertz CT molecular complexity index is 454. The van der Waals surface area contributed by atoms with Crippen LogP contribution < -0.4 is 10.6 Å². The summed E-state index contributed by atoms with van der Waals surface area (Å²) in [7, 11) is 2.11. The summed E-state index contributed by atoms with van der Waals surface area (Å²) in [5.41, 5.74) is 1.04. The number of hydrogen-bond acceptors (Lipinski definition) is 4. The lowest BCUT2D eigenvalue weighted by Gasteiger charge is -2.16. The molecule has 0 saturated heterocycles. The molecule has 23 heavy (non-hydrogen) atoms. The van der Waals surface area contributed by atoms with Gasteiger partial charge in [0.05, 0.1) is 5.69 Å². The van der Waals surface area contributed by atoms with Gasteiger partial charge in [-0.1, -0.05) is 25.9 Å². The average molecular weight is 323 g/mol. The van der Waals surface area contributed by atoms with Gasteiger partial charge in [-0.2, -0.15) is 0 Å². The summed E-state index contributed by atoms with van der Waals surface area (Å²) < 4.78 is 5.42. The van der Waals surface area contributed by atoms with E-state index in [0.29, 0.717) is 12.5 Å². The molecule has 0 bridgehead atoms. The quantitative estimate of drug-likeness (QED) is 0.512. The molecule has 6 nitrogen and oxygen atoms in total. The van der Waals surface area contributed by atoms with Gasteiger partial charge in [-0.15, -0.1) is 0 Å². The van der Waals surface area contributed by atoms with Crippen molar-refractivity contribution in [2.45, 2.75) is 53.0 Å². The number of guanidine groups is 1. The number of nitrogens with zero attached hydrogens (tertiary/aromatic N) is 3. The van der Waals surface area contributed by atoms with E-state index >= 15 is 0 Å². The Morgan fingerprint density at radius 1 is 1.26 bits per heavy atom. The third-order valence-electron chi connectivity index (χ3n) is 4.04. The Morgan fingerprint density at radius 2 is 2.00 bits per heavy atom. The SMILES string of the molecule is CCNC(=NCc1cc(C(CC)CC)no1)NCCN(C)CC. The minimum atomic E-state index is 0.479. The molecule has 1 aromatic rings. The Kier molecular flexibility index (Phi) is 9.36. The molecule has 1 rings (SSSR count). The molecule has 132 valence electrons. The maximum atomic E-state index is 5.42. The molecule has 6 heteroatoms. The van der Waals surface area contributed by atoms with Crippen molar-refractivity contribution >= 4 is 5.96 Å². The number of rotatable bonds is 10. The van der Waals surface area contributed by atoms with E-state index in [1.54, 1.807) is 0 Å². The fourth-order valence-corrected chi connectivity index (χ4v) is 2.32. The topological polar surface area (TPSA) is 65.7 Å². The fourth-order valence-electron chi connectivity index (χ4n) is 2.32. The van der Waals surface area contributed by atoms with Crippen LogP contribution in [0, 0.1) is 0 Å². The van der Waals surface area contributed by atoms with Gasteiger partial charge >= 0.3 is 0 Å². The fraction of sp³-hybridized carbons (Fsp3) is 0.765. The van der Waals surface area contributed by atoms with Crippen LogP contribution >= 0.6 is 0 Å². The van der Waals surface area contributed by atoms with Gasteiger partial charge < -0.3 is 20.1 Å². The second-order valence-electron chi connectivity index (χ2n) is 5.75. The van der Waals surface area contributed by atoms with Crippen LogP contribution in [-0.4, -0.2) is 49.2 Å². The van der Waals surface area contributed by atoms with E-state index in [1.165, 1.54) is 0 Å². The molecule has 0 aliphatic heterocycles. The maximum Gasteiger partial charge on any atom is 0.191 e. The largest absolute Gasteiger partial charge is 0.359 e. The second-order valence-corrected chi connectivity index (χ2v) is 5.75. The van der Waals surface area contributed by atoms with Crippen LogP contribution in [-0.2, 0) is 6.54 Å². The van der Waals surface area contributed by atoms with Gasteiger partial charge in [-0.05, 0) is 33.4 Å². The molecule has 1 aromatic heterocycles. The molecule has 0 aliphatic carbocycles. The van der Waals surface area contributed by atoms with Crippen molar-refractivity contribution in [3.63, 3.8) is 0 Å². The van der Waals surface area contributed by atoms with Crippen LogP contribution in [0.3, 0.4) is 0 Å². The van der Waals surface area contributed by atoms with E-state index in [4.69, 9.17) is 4.52 Å². The first-order chi connectivity index (χ1) is 11.1. The van der Waals surface area contributed by atoms with Gasteiger partial charge in [0.1, 0.15) is 6.54 Å². The van der Waals surface area contributed by atoms with Gasteiger partial charge in [0, 0.05) is 31.6 Å². The Morgan fingerprint density at radius 3 is 2.61 bits per heavy atom. The molecular weight excluding hydrogens is 290 g/mol. The van der Waals surface area contributed by atoms with Gasteiger partial charge in [0.25, 0.3) is 0 Å². The van der Waals surface area contributed by atoms with E-state index in [9.17, 15) is 0 Å². The molecule has 0 aromatic carbocycles. The van der Waals surface area contributed by atoms with Crippen LogP contribution in [0.4, 0.5) is 0 Å². The molecule has 0 spiro atoms. The van der Waals surface area contributed by atoms with Crippen LogP contribution in [0.5, 0.6) is 0 Å². The first-order valence-electron chi connectivity index (χ1n) is 8.80. The smallest absolute Gasteiger partial charge is 0.191 e. The van der Waals surface area contributed by atoms with Crippen molar-refractivity contribution in [3.05, 3.63) is 17.5 Å². The monoisotopic (exact) mass is 323 g/mol. The van der Waals surface area contributed by atoms with Crippen molar-refractivity contribution in [1.29, 1.82) is 0 Å². The highest BCUT2D eigenvalue weighted by atomic mass is 16.5. The van der Waals surface area contributed by atoms with E-state index in [0.717, 1.165) is 56.4 Å². The molecule has 1 heterocycles. The Labute approximate surface area is 140 Å². The number of hydrogen-bond donors (Lipinski definition) is 2. The third-order valence-corrected chi connectivity index (χ3v) is 4.04. The Hall–Kier alpha value is -1.56. The van der Waals surface area contributed by atoms with Crippen molar-refractivity contribution in [2.24, 2.45) is 4.99 Å². The summed E-state index contributed by atoms with van der Waals surface area (Å²) in [5, 5.41) is 10.8. The molecule has 2 N–H and O–H groups in total. The van der Waals surface area contributed by atoms with E-state index < -0.39 is 0 Å². The lowest BCUT2D eigenvalue weighted by Crippen LogP contribution is -2.40. The normalized spacial score (nSPS) is 12.2. The van der Waals surface area contributed by atoms with Crippen molar-refractivity contribution < 1.29 is 4.52 Å². The summed E-state index contributed by atoms with van der Waals surface area (Å²) in [4.78, 5) is 6.83. The van der Waals surface area contributed by atoms with Gasteiger partial charge in [0.2, 0.25) is 0 Å². The second kappa shape index (κ2) is 11.0. The maximum absolute atomic E-state index is 5.42. The van der Waals surface area contributed by atoms with Gasteiger partial charge in [-0.3, -0.25) is 0 Å². The van der Waals surface area contributed by atoms with Crippen LogP contribution in [0.25, 0.3) is 0 Å². The zero-order valence-corrected chi connectivity index (χ0v) is 15.4. The summed E-state index contributed by atoms with van der Waals surface area (Å²) in [6.07, 6.45) is 2.17. The third kappa shape index (κ3) is 7.03. The zero-order valence-electron chi connectivity index (χ0n) is 15.4. The van der Waals surface area contributed by atoms with E-state index in [2.05, 4.69) is 60.4 Å². The van der Waals surface area contributed by atoms with Crippen molar-refractivity contribution in [2.75, 3.05) is 33.2 Å². The first-order valence-corrected chi connectivity index (χ1v) is 8.80. The zero-order chi connectivity index (χ0) is 17.1. The molecule has 0 radical (unpaired) electrons. The minimum Gasteiger partial charge on any atom is -0.359 e. The highest BCUT2D eigenvalue weighted by Gasteiger charge is 2.12. The summed E-state index contributed by atoms with van der Waals surface area (Å²) in [6, 6.07) is 2.04.